The van der Waals surface area contributed by atoms with Crippen LogP contribution in [0, 0.1) is 18.6 Å². The average Bonchev–Trinajstić information content (AvgIpc) is 2.93. The van der Waals surface area contributed by atoms with Crippen molar-refractivity contribution in [1.29, 1.82) is 0 Å². The van der Waals surface area contributed by atoms with Crippen LogP contribution < -0.4 is 10.2 Å². The Labute approximate surface area is 177 Å². The summed E-state index contributed by atoms with van der Waals surface area (Å²) in [5, 5.41) is 1.27. The van der Waals surface area contributed by atoms with Gasteiger partial charge in [0.15, 0.2) is 10.3 Å². The molecule has 1 aliphatic rings. The number of sulfone groups is 1. The van der Waals surface area contributed by atoms with Gasteiger partial charge in [-0.1, -0.05) is 23.8 Å². The molecule has 1 aromatic heterocycles. The lowest BCUT2D eigenvalue weighted by atomic mass is 10.2. The van der Waals surface area contributed by atoms with Crippen LogP contribution >= 0.6 is 0 Å². The summed E-state index contributed by atoms with van der Waals surface area (Å²) in [6, 6.07) is 12.7. The number of nitrogens with one attached hydrogen (secondary N) is 1. The van der Waals surface area contributed by atoms with Gasteiger partial charge in [-0.3, -0.25) is 14.7 Å². The van der Waals surface area contributed by atoms with Gasteiger partial charge >= 0.3 is 0 Å². The number of nitrogens with zero attached hydrogens (tertiary/aromatic N) is 2. The summed E-state index contributed by atoms with van der Waals surface area (Å²) in [4.78, 5) is 17.4. The van der Waals surface area contributed by atoms with Gasteiger partial charge in [0, 0.05) is 35.9 Å². The smallest absolute Gasteiger partial charge is 0.272 e. The number of aryl methyl sites for hydroxylation is 1. The van der Waals surface area contributed by atoms with Gasteiger partial charge in [-0.15, -0.1) is 0 Å². The van der Waals surface area contributed by atoms with Gasteiger partial charge in [-0.2, -0.15) is 0 Å². The topological polar surface area (TPSA) is 79.4 Å². The number of anilines is 2. The van der Waals surface area contributed by atoms with Gasteiger partial charge in [0.1, 0.15) is 11.6 Å². The first kappa shape index (κ1) is 20.7. The molecule has 3 aromatic rings. The number of rotatable bonds is 4. The van der Waals surface area contributed by atoms with Crippen LogP contribution in [0.5, 0.6) is 0 Å². The fourth-order valence-electron chi connectivity index (χ4n) is 3.31. The number of aromatic nitrogens is 1. The van der Waals surface area contributed by atoms with E-state index in [0.717, 1.165) is 28.8 Å². The van der Waals surface area contributed by atoms with Gasteiger partial charge in [-0.25, -0.2) is 17.2 Å². The van der Waals surface area contributed by atoms with E-state index >= 15 is 0 Å². The maximum Gasteiger partial charge on any atom is 0.272 e. The second-order valence-corrected chi connectivity index (χ2v) is 8.95. The molecule has 1 amide bonds. The SMILES string of the molecule is Cc1ccc(N/C=C2/C(=O)N(c3ccc(F)cc3F)C(c3cccnc3)S2(=O)=O)cc1. The lowest BCUT2D eigenvalue weighted by Gasteiger charge is -2.23. The third-order valence-corrected chi connectivity index (χ3v) is 6.80. The highest BCUT2D eigenvalue weighted by Gasteiger charge is 2.51. The predicted octanol–water partition coefficient (Wildman–Crippen LogP) is 4.08. The number of carbonyl (C=O) groups is 1. The number of benzene rings is 2. The molecule has 1 atom stereocenters. The highest BCUT2D eigenvalue weighted by Crippen LogP contribution is 2.43. The molecule has 2 aromatic carbocycles. The van der Waals surface area contributed by atoms with Crippen molar-refractivity contribution in [3.05, 3.63) is 101 Å². The molecule has 1 saturated heterocycles. The van der Waals surface area contributed by atoms with Crippen molar-refractivity contribution >= 4 is 27.1 Å². The second-order valence-electron chi connectivity index (χ2n) is 6.97. The van der Waals surface area contributed by atoms with Gasteiger partial charge in [0.2, 0.25) is 9.84 Å². The standard InChI is InChI=1S/C22H17F2N3O3S/c1-14-4-7-17(8-5-14)26-13-20-21(28)27(19-9-6-16(23)11-18(19)24)22(31(20,29)30)15-3-2-10-25-12-15/h2-13,22,26H,1H3/b20-13-. The van der Waals surface area contributed by atoms with Crippen molar-refractivity contribution in [3.63, 3.8) is 0 Å². The van der Waals surface area contributed by atoms with Crippen LogP contribution in [0.1, 0.15) is 16.5 Å². The summed E-state index contributed by atoms with van der Waals surface area (Å²) < 4.78 is 54.7. The Kier molecular flexibility index (Phi) is 5.28. The van der Waals surface area contributed by atoms with Crippen molar-refractivity contribution in [2.45, 2.75) is 12.3 Å². The molecule has 9 heteroatoms. The summed E-state index contributed by atoms with van der Waals surface area (Å²) in [5.74, 6) is -2.82. The number of halogens is 2. The van der Waals surface area contributed by atoms with E-state index in [9.17, 15) is 22.0 Å². The number of carbonyl (C=O) groups excluding carboxylic acids is 1. The van der Waals surface area contributed by atoms with Crippen molar-refractivity contribution in [2.75, 3.05) is 10.2 Å². The molecule has 0 spiro atoms. The highest BCUT2D eigenvalue weighted by molar-refractivity contribution is 7.97. The van der Waals surface area contributed by atoms with Crippen molar-refractivity contribution < 1.29 is 22.0 Å². The van der Waals surface area contributed by atoms with E-state index in [4.69, 9.17) is 0 Å². The normalized spacial score (nSPS) is 19.1. The summed E-state index contributed by atoms with van der Waals surface area (Å²) in [7, 11) is -4.26. The van der Waals surface area contributed by atoms with E-state index in [-0.39, 0.29) is 11.3 Å². The van der Waals surface area contributed by atoms with E-state index in [0.29, 0.717) is 11.8 Å². The van der Waals surface area contributed by atoms with Crippen LogP contribution in [-0.4, -0.2) is 19.3 Å². The fraction of sp³-hybridized carbons (Fsp3) is 0.0909. The van der Waals surface area contributed by atoms with Gasteiger partial charge < -0.3 is 5.32 Å². The van der Waals surface area contributed by atoms with E-state index in [1.807, 2.05) is 19.1 Å². The Hall–Kier alpha value is -3.59. The molecular formula is C22H17F2N3O3S. The molecule has 158 valence electrons. The Morgan fingerprint density at radius 2 is 1.84 bits per heavy atom. The van der Waals surface area contributed by atoms with Gasteiger partial charge in [0.05, 0.1) is 5.69 Å². The number of hydrogen-bond acceptors (Lipinski definition) is 5. The number of pyridine rings is 1. The van der Waals surface area contributed by atoms with E-state index in [2.05, 4.69) is 10.3 Å². The summed E-state index contributed by atoms with van der Waals surface area (Å²) in [5.41, 5.74) is 1.42. The fourth-order valence-corrected chi connectivity index (χ4v) is 5.10. The van der Waals surface area contributed by atoms with E-state index in [1.165, 1.54) is 24.5 Å². The Morgan fingerprint density at radius 1 is 1.10 bits per heavy atom. The van der Waals surface area contributed by atoms with Crippen LogP contribution in [0.15, 0.2) is 78.1 Å². The molecular weight excluding hydrogens is 424 g/mol. The van der Waals surface area contributed by atoms with E-state index < -0.39 is 37.7 Å². The summed E-state index contributed by atoms with van der Waals surface area (Å²) in [6.07, 6.45) is 3.83. The maximum absolute atomic E-state index is 14.6. The van der Waals surface area contributed by atoms with Gasteiger partial charge in [0.25, 0.3) is 5.91 Å². The monoisotopic (exact) mass is 441 g/mol. The number of hydrogen-bond donors (Lipinski definition) is 1. The third-order valence-electron chi connectivity index (χ3n) is 4.82. The molecule has 0 radical (unpaired) electrons. The first-order chi connectivity index (χ1) is 14.8. The molecule has 0 aliphatic carbocycles. The van der Waals surface area contributed by atoms with Crippen LogP contribution in [0.2, 0.25) is 0 Å². The average molecular weight is 441 g/mol. The second kappa shape index (κ2) is 7.92. The zero-order valence-corrected chi connectivity index (χ0v) is 17.1. The van der Waals surface area contributed by atoms with Gasteiger partial charge in [-0.05, 0) is 37.3 Å². The van der Waals surface area contributed by atoms with Crippen molar-refractivity contribution in [2.24, 2.45) is 0 Å². The lowest BCUT2D eigenvalue weighted by molar-refractivity contribution is -0.114. The first-order valence-electron chi connectivity index (χ1n) is 9.25. The predicted molar refractivity (Wildman–Crippen MR) is 113 cm³/mol. The lowest BCUT2D eigenvalue weighted by Crippen LogP contribution is -2.30. The molecule has 2 heterocycles. The van der Waals surface area contributed by atoms with Crippen LogP contribution in [0.25, 0.3) is 0 Å². The first-order valence-corrected chi connectivity index (χ1v) is 10.8. The molecule has 0 bridgehead atoms. The Balaban J connectivity index is 1.84. The summed E-state index contributed by atoms with van der Waals surface area (Å²) in [6.45, 7) is 1.90. The van der Waals surface area contributed by atoms with Crippen LogP contribution in [0.4, 0.5) is 20.2 Å². The zero-order chi connectivity index (χ0) is 22.2. The minimum absolute atomic E-state index is 0.179. The number of amides is 1. The summed E-state index contributed by atoms with van der Waals surface area (Å²) >= 11 is 0. The van der Waals surface area contributed by atoms with Crippen LogP contribution in [0.3, 0.4) is 0 Å². The maximum atomic E-state index is 14.6. The van der Waals surface area contributed by atoms with Crippen LogP contribution in [-0.2, 0) is 14.6 Å². The zero-order valence-electron chi connectivity index (χ0n) is 16.3. The third kappa shape index (κ3) is 3.79. The molecule has 4 rings (SSSR count). The molecule has 0 saturated carbocycles. The molecule has 1 aliphatic heterocycles. The Morgan fingerprint density at radius 3 is 2.48 bits per heavy atom. The minimum Gasteiger partial charge on any atom is -0.360 e. The quantitative estimate of drug-likeness (QED) is 0.617. The molecule has 31 heavy (non-hydrogen) atoms. The van der Waals surface area contributed by atoms with E-state index in [1.54, 1.807) is 12.1 Å². The largest absolute Gasteiger partial charge is 0.360 e. The van der Waals surface area contributed by atoms with Crippen molar-refractivity contribution in [3.8, 4) is 0 Å². The Bertz CT molecular complexity index is 1280. The molecule has 6 nitrogen and oxygen atoms in total. The highest BCUT2D eigenvalue weighted by atomic mass is 32.2. The van der Waals surface area contributed by atoms with Crippen molar-refractivity contribution in [1.82, 2.24) is 4.98 Å². The molecule has 1 N–H and O–H groups in total. The minimum atomic E-state index is -4.26. The molecule has 1 fully saturated rings. The molecule has 1 unspecified atom stereocenters.